The normalized spacial score (nSPS) is 11.9. The number of benzene rings is 7. The summed E-state index contributed by atoms with van der Waals surface area (Å²) in [4.78, 5) is 14.8. The molecule has 51 heavy (non-hydrogen) atoms. The van der Waals surface area contributed by atoms with E-state index >= 15 is 0 Å². The lowest BCUT2D eigenvalue weighted by Crippen LogP contribution is -1.99. The largest absolute Gasteiger partial charge is 0.454 e. The Morgan fingerprint density at radius 3 is 1.65 bits per heavy atom. The molecule has 0 aliphatic carbocycles. The second-order valence-corrected chi connectivity index (χ2v) is 13.9. The molecule has 4 heterocycles. The molecule has 0 atom stereocenters. The molecule has 0 amide bonds. The van der Waals surface area contributed by atoms with Gasteiger partial charge in [0.2, 0.25) is 0 Å². The average molecular weight is 671 g/mol. The van der Waals surface area contributed by atoms with Crippen LogP contribution in [0.4, 0.5) is 0 Å². The number of thiophene rings is 1. The van der Waals surface area contributed by atoms with E-state index in [4.69, 9.17) is 19.4 Å². The molecule has 0 N–H and O–H groups in total. The molecule has 0 aliphatic rings. The molecule has 11 aromatic rings. The number of hydrogen-bond donors (Lipinski definition) is 0. The predicted molar refractivity (Wildman–Crippen MR) is 211 cm³/mol. The Morgan fingerprint density at radius 1 is 0.431 bits per heavy atom. The summed E-state index contributed by atoms with van der Waals surface area (Å²) in [5.74, 6) is 1.95. The van der Waals surface area contributed by atoms with E-state index in [0.29, 0.717) is 17.5 Å². The van der Waals surface area contributed by atoms with Gasteiger partial charge in [-0.3, -0.25) is 0 Å². The lowest BCUT2D eigenvalue weighted by atomic mass is 10.1. The van der Waals surface area contributed by atoms with E-state index in [-0.39, 0.29) is 0 Å². The van der Waals surface area contributed by atoms with E-state index in [1.54, 1.807) is 11.3 Å². The highest BCUT2D eigenvalue weighted by molar-refractivity contribution is 7.26. The highest BCUT2D eigenvalue weighted by Crippen LogP contribution is 2.43. The molecule has 0 unspecified atom stereocenters. The highest BCUT2D eigenvalue weighted by atomic mass is 32.1. The minimum atomic E-state index is 0.647. The molecular formula is C45H26N4OS. The molecule has 0 aliphatic heterocycles. The van der Waals surface area contributed by atoms with E-state index in [1.165, 1.54) is 32.6 Å². The lowest BCUT2D eigenvalue weighted by Gasteiger charge is -2.08. The van der Waals surface area contributed by atoms with Crippen molar-refractivity contribution in [2.45, 2.75) is 0 Å². The summed E-state index contributed by atoms with van der Waals surface area (Å²) in [6, 6.07) is 54.9. The quantitative estimate of drug-likeness (QED) is 0.187. The number of furan rings is 1. The fourth-order valence-corrected chi connectivity index (χ4v) is 8.70. The first-order valence-electron chi connectivity index (χ1n) is 16.9. The number of rotatable bonds is 4. The van der Waals surface area contributed by atoms with Gasteiger partial charge in [-0.05, 0) is 36.4 Å². The van der Waals surface area contributed by atoms with Gasteiger partial charge < -0.3 is 8.98 Å². The van der Waals surface area contributed by atoms with E-state index in [2.05, 4.69) is 102 Å². The summed E-state index contributed by atoms with van der Waals surface area (Å²) in [6.07, 6.45) is 0. The van der Waals surface area contributed by atoms with E-state index in [9.17, 15) is 0 Å². The Kier molecular flexibility index (Phi) is 6.05. The summed E-state index contributed by atoms with van der Waals surface area (Å²) >= 11 is 1.75. The summed E-state index contributed by atoms with van der Waals surface area (Å²) in [5, 5.41) is 7.09. The first-order chi connectivity index (χ1) is 25.3. The zero-order valence-corrected chi connectivity index (χ0v) is 27.9. The Hall–Kier alpha value is -6.63. The van der Waals surface area contributed by atoms with E-state index in [1.807, 2.05) is 60.7 Å². The number of hydrogen-bond acceptors (Lipinski definition) is 5. The lowest BCUT2D eigenvalue weighted by molar-refractivity contribution is 0.673. The molecule has 0 fully saturated rings. The van der Waals surface area contributed by atoms with Crippen molar-refractivity contribution in [1.82, 2.24) is 19.5 Å². The van der Waals surface area contributed by atoms with Gasteiger partial charge in [0.15, 0.2) is 23.1 Å². The van der Waals surface area contributed by atoms with Crippen LogP contribution in [-0.4, -0.2) is 19.5 Å². The molecule has 5 nitrogen and oxygen atoms in total. The zero-order valence-electron chi connectivity index (χ0n) is 27.1. The maximum Gasteiger partial charge on any atom is 0.164 e. The molecule has 0 spiro atoms. The molecule has 0 saturated carbocycles. The van der Waals surface area contributed by atoms with Gasteiger partial charge in [0.05, 0.1) is 15.7 Å². The fraction of sp³-hybridized carbons (Fsp3) is 0. The molecule has 238 valence electrons. The van der Waals surface area contributed by atoms with Gasteiger partial charge >= 0.3 is 0 Å². The van der Waals surface area contributed by atoms with Gasteiger partial charge in [-0.25, -0.2) is 15.0 Å². The Bertz CT molecular complexity index is 3030. The highest BCUT2D eigenvalue weighted by Gasteiger charge is 2.18. The van der Waals surface area contributed by atoms with Gasteiger partial charge in [-0.1, -0.05) is 115 Å². The predicted octanol–water partition coefficient (Wildman–Crippen LogP) is 12.2. The number of nitrogens with zero attached hydrogens (tertiary/aromatic N) is 4. The van der Waals surface area contributed by atoms with Crippen LogP contribution >= 0.6 is 11.3 Å². The number of para-hydroxylation sites is 2. The van der Waals surface area contributed by atoms with Crippen molar-refractivity contribution < 1.29 is 4.42 Å². The van der Waals surface area contributed by atoms with Gasteiger partial charge in [0.25, 0.3) is 0 Å². The average Bonchev–Trinajstić information content (AvgIpc) is 3.87. The molecular weight excluding hydrogens is 645 g/mol. The van der Waals surface area contributed by atoms with Crippen LogP contribution in [0, 0.1) is 0 Å². The minimum Gasteiger partial charge on any atom is -0.454 e. The Labute approximate surface area is 295 Å². The first kappa shape index (κ1) is 28.2. The monoisotopic (exact) mass is 670 g/mol. The van der Waals surface area contributed by atoms with Crippen LogP contribution in [0.3, 0.4) is 0 Å². The van der Waals surface area contributed by atoms with Crippen molar-refractivity contribution in [3.05, 3.63) is 158 Å². The number of fused-ring (bicyclic) bond motifs is 10. The third-order valence-corrected chi connectivity index (χ3v) is 11.0. The van der Waals surface area contributed by atoms with Crippen molar-refractivity contribution in [3.63, 3.8) is 0 Å². The van der Waals surface area contributed by atoms with E-state index < -0.39 is 0 Å². The molecule has 0 bridgehead atoms. The van der Waals surface area contributed by atoms with E-state index in [0.717, 1.165) is 53.7 Å². The van der Waals surface area contributed by atoms with Crippen LogP contribution in [0.15, 0.2) is 162 Å². The Morgan fingerprint density at radius 2 is 0.980 bits per heavy atom. The minimum absolute atomic E-state index is 0.647. The van der Waals surface area contributed by atoms with Crippen molar-refractivity contribution in [1.29, 1.82) is 0 Å². The molecule has 7 aromatic carbocycles. The smallest absolute Gasteiger partial charge is 0.164 e. The maximum atomic E-state index is 6.77. The molecule has 0 radical (unpaired) electrons. The van der Waals surface area contributed by atoms with Crippen molar-refractivity contribution >= 4 is 75.3 Å². The molecule has 11 rings (SSSR count). The molecule has 0 saturated heterocycles. The third kappa shape index (κ3) is 4.37. The van der Waals surface area contributed by atoms with Crippen LogP contribution < -0.4 is 0 Å². The van der Waals surface area contributed by atoms with Crippen LogP contribution in [0.1, 0.15) is 0 Å². The van der Waals surface area contributed by atoms with Crippen molar-refractivity contribution in [2.75, 3.05) is 0 Å². The summed E-state index contributed by atoms with van der Waals surface area (Å²) in [5.41, 5.74) is 8.10. The SMILES string of the molecule is c1ccc(-c2nc(-c3ccccc3)nc(-c3ccc4c(c3)sc3c4ccc4c5ccc(-n6c7ccccc7c7ccccc76)cc5oc43)n2)cc1. The second kappa shape index (κ2) is 10.9. The third-order valence-electron chi connectivity index (χ3n) is 9.86. The summed E-state index contributed by atoms with van der Waals surface area (Å²) < 4.78 is 11.4. The maximum absolute atomic E-state index is 6.77. The van der Waals surface area contributed by atoms with Crippen LogP contribution in [0.2, 0.25) is 0 Å². The topological polar surface area (TPSA) is 56.7 Å². The summed E-state index contributed by atoms with van der Waals surface area (Å²) in [7, 11) is 0. The zero-order chi connectivity index (χ0) is 33.5. The van der Waals surface area contributed by atoms with Crippen LogP contribution in [0.25, 0.3) is 104 Å². The molecule has 6 heteroatoms. The van der Waals surface area contributed by atoms with Crippen molar-refractivity contribution in [2.24, 2.45) is 0 Å². The van der Waals surface area contributed by atoms with Crippen LogP contribution in [0.5, 0.6) is 0 Å². The van der Waals surface area contributed by atoms with Gasteiger partial charge in [-0.2, -0.15) is 0 Å². The van der Waals surface area contributed by atoms with Crippen molar-refractivity contribution in [3.8, 4) is 39.9 Å². The molecule has 4 aromatic heterocycles. The second-order valence-electron chi connectivity index (χ2n) is 12.8. The van der Waals surface area contributed by atoms with Gasteiger partial charge in [-0.15, -0.1) is 11.3 Å². The first-order valence-corrected chi connectivity index (χ1v) is 17.8. The Balaban J connectivity index is 1.07. The fourth-order valence-electron chi connectivity index (χ4n) is 7.47. The number of aromatic nitrogens is 4. The van der Waals surface area contributed by atoms with Gasteiger partial charge in [0.1, 0.15) is 5.58 Å². The summed E-state index contributed by atoms with van der Waals surface area (Å²) in [6.45, 7) is 0. The van der Waals surface area contributed by atoms with Gasteiger partial charge in [0, 0.05) is 65.5 Å². The standard InChI is InChI=1S/C45H26N4OS/c1-3-11-27(12-4-1)43-46-44(28-13-5-2-6-14-28)48-45(47-43)29-19-21-34-36-24-23-35-33-22-20-30(26-39(33)50-41(35)42(36)51-40(34)25-29)49-37-17-9-7-15-31(37)32-16-8-10-18-38(32)49/h1-26H. The van der Waals surface area contributed by atoms with Crippen LogP contribution in [-0.2, 0) is 0 Å².